The minimum absolute atomic E-state index is 0.167. The summed E-state index contributed by atoms with van der Waals surface area (Å²) in [4.78, 5) is 2.18. The molecule has 1 aliphatic rings. The molecule has 0 amide bonds. The van der Waals surface area contributed by atoms with Gasteiger partial charge in [-0.3, -0.25) is 4.90 Å². The van der Waals surface area contributed by atoms with Gasteiger partial charge in [-0.25, -0.2) is 4.39 Å². The second-order valence-corrected chi connectivity index (χ2v) is 4.05. The Morgan fingerprint density at radius 1 is 1.53 bits per heavy atom. The topological polar surface area (TPSA) is 23.5 Å². The van der Waals surface area contributed by atoms with Crippen molar-refractivity contribution in [3.8, 4) is 0 Å². The highest BCUT2D eigenvalue weighted by atomic mass is 19.1. The fourth-order valence-corrected chi connectivity index (χ4v) is 2.29. The molecule has 0 bridgehead atoms. The summed E-state index contributed by atoms with van der Waals surface area (Å²) >= 11 is 0. The van der Waals surface area contributed by atoms with Crippen LogP contribution in [-0.2, 0) is 0 Å². The van der Waals surface area contributed by atoms with Crippen molar-refractivity contribution in [3.63, 3.8) is 0 Å². The SMILES string of the molecule is CCN1CC(O)CC1c1cccc(F)c1. The molecule has 1 N–H and O–H groups in total. The van der Waals surface area contributed by atoms with E-state index in [4.69, 9.17) is 0 Å². The van der Waals surface area contributed by atoms with Gasteiger partial charge in [0.15, 0.2) is 0 Å². The van der Waals surface area contributed by atoms with Crippen LogP contribution >= 0.6 is 0 Å². The molecule has 82 valence electrons. The van der Waals surface area contributed by atoms with E-state index < -0.39 is 0 Å². The number of aliphatic hydroxyl groups excluding tert-OH is 1. The summed E-state index contributed by atoms with van der Waals surface area (Å²) in [5.41, 5.74) is 0.966. The number of aliphatic hydroxyl groups is 1. The van der Waals surface area contributed by atoms with Gasteiger partial charge in [-0.1, -0.05) is 19.1 Å². The van der Waals surface area contributed by atoms with Crippen LogP contribution in [0, 0.1) is 5.82 Å². The number of rotatable bonds is 2. The Labute approximate surface area is 89.3 Å². The summed E-state index contributed by atoms with van der Waals surface area (Å²) in [6.45, 7) is 3.64. The van der Waals surface area contributed by atoms with Crippen molar-refractivity contribution in [1.82, 2.24) is 4.90 Å². The Kier molecular flexibility index (Phi) is 3.03. The van der Waals surface area contributed by atoms with E-state index in [1.807, 2.05) is 6.07 Å². The van der Waals surface area contributed by atoms with Crippen molar-refractivity contribution < 1.29 is 9.50 Å². The molecule has 15 heavy (non-hydrogen) atoms. The maximum atomic E-state index is 13.1. The van der Waals surface area contributed by atoms with Gasteiger partial charge < -0.3 is 5.11 Å². The van der Waals surface area contributed by atoms with Crippen molar-refractivity contribution in [2.75, 3.05) is 13.1 Å². The van der Waals surface area contributed by atoms with Crippen LogP contribution in [0.15, 0.2) is 24.3 Å². The molecule has 0 radical (unpaired) electrons. The van der Waals surface area contributed by atoms with E-state index in [0.29, 0.717) is 13.0 Å². The summed E-state index contributed by atoms with van der Waals surface area (Å²) in [6.07, 6.45) is 0.426. The lowest BCUT2D eigenvalue weighted by molar-refractivity contribution is 0.177. The standard InChI is InChI=1S/C12H16FNO/c1-2-14-8-11(15)7-12(14)9-4-3-5-10(13)6-9/h3-6,11-12,15H,2,7-8H2,1H3. The monoisotopic (exact) mass is 209 g/mol. The average Bonchev–Trinajstić information content (AvgIpc) is 2.59. The molecule has 0 spiro atoms. The summed E-state index contributed by atoms with van der Waals surface area (Å²) in [6, 6.07) is 6.83. The molecule has 2 rings (SSSR count). The minimum atomic E-state index is -0.279. The molecule has 1 saturated heterocycles. The highest BCUT2D eigenvalue weighted by Gasteiger charge is 2.30. The van der Waals surface area contributed by atoms with E-state index >= 15 is 0 Å². The molecule has 3 heteroatoms. The quantitative estimate of drug-likeness (QED) is 0.804. The molecule has 1 aromatic carbocycles. The summed E-state index contributed by atoms with van der Waals surface area (Å²) in [7, 11) is 0. The van der Waals surface area contributed by atoms with Crippen LogP contribution in [0.2, 0.25) is 0 Å². The van der Waals surface area contributed by atoms with Crippen LogP contribution in [0.4, 0.5) is 4.39 Å². The van der Waals surface area contributed by atoms with Crippen LogP contribution in [0.1, 0.15) is 24.9 Å². The van der Waals surface area contributed by atoms with Crippen LogP contribution in [-0.4, -0.2) is 29.2 Å². The third-order valence-corrected chi connectivity index (χ3v) is 3.02. The zero-order chi connectivity index (χ0) is 10.8. The molecule has 0 saturated carbocycles. The van der Waals surface area contributed by atoms with Crippen LogP contribution in [0.3, 0.4) is 0 Å². The maximum absolute atomic E-state index is 13.1. The molecule has 1 heterocycles. The third-order valence-electron chi connectivity index (χ3n) is 3.02. The largest absolute Gasteiger partial charge is 0.392 e. The molecule has 0 aliphatic carbocycles. The lowest BCUT2D eigenvalue weighted by Crippen LogP contribution is -2.24. The lowest BCUT2D eigenvalue weighted by Gasteiger charge is -2.22. The molecule has 2 unspecified atom stereocenters. The van der Waals surface area contributed by atoms with Gasteiger partial charge >= 0.3 is 0 Å². The Balaban J connectivity index is 2.22. The number of likely N-dealkylation sites (tertiary alicyclic amines) is 1. The van der Waals surface area contributed by atoms with Crippen molar-refractivity contribution in [3.05, 3.63) is 35.6 Å². The summed E-state index contributed by atoms with van der Waals surface area (Å²) < 4.78 is 13.1. The minimum Gasteiger partial charge on any atom is -0.392 e. The second kappa shape index (κ2) is 4.29. The van der Waals surface area contributed by atoms with E-state index in [1.54, 1.807) is 12.1 Å². The normalized spacial score (nSPS) is 27.1. The van der Waals surface area contributed by atoms with Gasteiger partial charge in [0.05, 0.1) is 6.10 Å². The van der Waals surface area contributed by atoms with Crippen molar-refractivity contribution in [2.24, 2.45) is 0 Å². The van der Waals surface area contributed by atoms with Crippen LogP contribution < -0.4 is 0 Å². The first-order valence-electron chi connectivity index (χ1n) is 5.38. The number of β-amino-alcohol motifs (C(OH)–C–C–N with tert-alkyl or cyclic N) is 1. The van der Waals surface area contributed by atoms with Crippen molar-refractivity contribution in [2.45, 2.75) is 25.5 Å². The first-order chi connectivity index (χ1) is 7.20. The fraction of sp³-hybridized carbons (Fsp3) is 0.500. The van der Waals surface area contributed by atoms with Crippen molar-refractivity contribution >= 4 is 0 Å². The molecule has 0 aromatic heterocycles. The maximum Gasteiger partial charge on any atom is 0.123 e. The second-order valence-electron chi connectivity index (χ2n) is 4.05. The fourth-order valence-electron chi connectivity index (χ4n) is 2.29. The molecule has 1 aliphatic heterocycles. The Hall–Kier alpha value is -0.930. The molecule has 2 atom stereocenters. The number of halogens is 1. The zero-order valence-electron chi connectivity index (χ0n) is 8.86. The van der Waals surface area contributed by atoms with Gasteiger partial charge in [0.2, 0.25) is 0 Å². The first kappa shape index (κ1) is 10.6. The Morgan fingerprint density at radius 3 is 3.00 bits per heavy atom. The number of likely N-dealkylation sites (N-methyl/N-ethyl adjacent to an activating group) is 1. The van der Waals surface area contributed by atoms with E-state index in [-0.39, 0.29) is 18.0 Å². The molecule has 1 aromatic rings. The number of benzene rings is 1. The summed E-state index contributed by atoms with van der Waals surface area (Å²) in [5.74, 6) is -0.204. The number of hydrogen-bond donors (Lipinski definition) is 1. The van der Waals surface area contributed by atoms with E-state index in [9.17, 15) is 9.50 Å². The predicted octanol–water partition coefficient (Wildman–Crippen LogP) is 1.95. The van der Waals surface area contributed by atoms with Gasteiger partial charge in [0.1, 0.15) is 5.82 Å². The van der Waals surface area contributed by atoms with E-state index in [0.717, 1.165) is 12.1 Å². The average molecular weight is 209 g/mol. The lowest BCUT2D eigenvalue weighted by atomic mass is 10.0. The summed E-state index contributed by atoms with van der Waals surface area (Å²) in [5, 5.41) is 9.60. The van der Waals surface area contributed by atoms with Crippen LogP contribution in [0.5, 0.6) is 0 Å². The van der Waals surface area contributed by atoms with Crippen LogP contribution in [0.25, 0.3) is 0 Å². The highest BCUT2D eigenvalue weighted by molar-refractivity contribution is 5.21. The zero-order valence-corrected chi connectivity index (χ0v) is 8.86. The molecule has 2 nitrogen and oxygen atoms in total. The van der Waals surface area contributed by atoms with Gasteiger partial charge in [0.25, 0.3) is 0 Å². The van der Waals surface area contributed by atoms with Gasteiger partial charge in [-0.2, -0.15) is 0 Å². The third kappa shape index (κ3) is 2.19. The van der Waals surface area contributed by atoms with E-state index in [2.05, 4.69) is 11.8 Å². The van der Waals surface area contributed by atoms with E-state index in [1.165, 1.54) is 6.07 Å². The van der Waals surface area contributed by atoms with Gasteiger partial charge in [0, 0.05) is 12.6 Å². The molecular weight excluding hydrogens is 193 g/mol. The van der Waals surface area contributed by atoms with Gasteiger partial charge in [-0.15, -0.1) is 0 Å². The molecular formula is C12H16FNO. The smallest absolute Gasteiger partial charge is 0.123 e. The number of hydrogen-bond acceptors (Lipinski definition) is 2. The van der Waals surface area contributed by atoms with Crippen molar-refractivity contribution in [1.29, 1.82) is 0 Å². The Morgan fingerprint density at radius 2 is 2.33 bits per heavy atom. The highest BCUT2D eigenvalue weighted by Crippen LogP contribution is 2.31. The predicted molar refractivity (Wildman–Crippen MR) is 57.0 cm³/mol. The first-order valence-corrected chi connectivity index (χ1v) is 5.38. The van der Waals surface area contributed by atoms with Gasteiger partial charge in [-0.05, 0) is 30.7 Å². The number of nitrogens with zero attached hydrogens (tertiary/aromatic N) is 1. The Bertz CT molecular complexity index is 342. The molecule has 1 fully saturated rings.